The van der Waals surface area contributed by atoms with E-state index in [1.807, 2.05) is 31.2 Å². The van der Waals surface area contributed by atoms with E-state index in [-0.39, 0.29) is 17.4 Å². The van der Waals surface area contributed by atoms with E-state index in [0.717, 1.165) is 6.42 Å². The third-order valence-electron chi connectivity index (χ3n) is 4.92. The van der Waals surface area contributed by atoms with Gasteiger partial charge in [-0.05, 0) is 37.0 Å². The molecule has 0 aliphatic carbocycles. The van der Waals surface area contributed by atoms with E-state index in [1.165, 1.54) is 5.56 Å². The van der Waals surface area contributed by atoms with Gasteiger partial charge in [0.15, 0.2) is 6.61 Å². The van der Waals surface area contributed by atoms with Crippen LogP contribution in [0.2, 0.25) is 0 Å². The van der Waals surface area contributed by atoms with Crippen molar-refractivity contribution in [3.05, 3.63) is 29.8 Å². The highest BCUT2D eigenvalue weighted by Gasteiger charge is 2.53. The lowest BCUT2D eigenvalue weighted by molar-refractivity contribution is -0.155. The molecular formula is C19H24N2O4S. The van der Waals surface area contributed by atoms with Gasteiger partial charge in [0.05, 0.1) is 4.87 Å². The number of anilines is 1. The topological polar surface area (TPSA) is 75.7 Å². The molecule has 1 N–H and O–H groups in total. The zero-order valence-corrected chi connectivity index (χ0v) is 16.1. The van der Waals surface area contributed by atoms with Gasteiger partial charge in [0, 0.05) is 17.9 Å². The summed E-state index contributed by atoms with van der Waals surface area (Å²) in [7, 11) is 0. The van der Waals surface area contributed by atoms with Crippen molar-refractivity contribution in [3.8, 4) is 0 Å². The molecule has 6 nitrogen and oxygen atoms in total. The summed E-state index contributed by atoms with van der Waals surface area (Å²) in [5.41, 5.74) is 1.85. The summed E-state index contributed by atoms with van der Waals surface area (Å²) in [6.45, 7) is 5.82. The number of thioether (sulfide) groups is 1. The molecule has 140 valence electrons. The zero-order chi connectivity index (χ0) is 18.9. The number of hydrogen-bond acceptors (Lipinski definition) is 5. The van der Waals surface area contributed by atoms with E-state index in [9.17, 15) is 14.4 Å². The van der Waals surface area contributed by atoms with E-state index in [1.54, 1.807) is 16.7 Å². The predicted octanol–water partition coefficient (Wildman–Crippen LogP) is 2.75. The van der Waals surface area contributed by atoms with Crippen LogP contribution in [0.25, 0.3) is 0 Å². The second-order valence-corrected chi connectivity index (χ2v) is 8.70. The monoisotopic (exact) mass is 376 g/mol. The number of fused-ring (bicyclic) bond motifs is 1. The number of amides is 2. The summed E-state index contributed by atoms with van der Waals surface area (Å²) in [5, 5.41) is 2.71. The molecule has 1 aromatic rings. The first-order valence-electron chi connectivity index (χ1n) is 8.83. The number of carbonyl (C=O) groups is 3. The van der Waals surface area contributed by atoms with Crippen molar-refractivity contribution in [2.75, 3.05) is 17.7 Å². The Labute approximate surface area is 157 Å². The van der Waals surface area contributed by atoms with Gasteiger partial charge in [-0.3, -0.25) is 9.59 Å². The Morgan fingerprint density at radius 3 is 2.69 bits per heavy atom. The Balaban J connectivity index is 1.51. The lowest BCUT2D eigenvalue weighted by Gasteiger charge is -2.29. The number of ether oxygens (including phenoxy) is 1. The summed E-state index contributed by atoms with van der Waals surface area (Å²) in [6.07, 6.45) is 1.20. The lowest BCUT2D eigenvalue weighted by atomic mass is 10.0. The van der Waals surface area contributed by atoms with Crippen LogP contribution in [0.4, 0.5) is 5.69 Å². The molecule has 0 spiro atoms. The molecule has 0 bridgehead atoms. The Morgan fingerprint density at radius 2 is 2.04 bits per heavy atom. The maximum absolute atomic E-state index is 12.3. The maximum Gasteiger partial charge on any atom is 0.330 e. The number of carbonyl (C=O) groups excluding carboxylic acids is 3. The van der Waals surface area contributed by atoms with Crippen molar-refractivity contribution >= 4 is 35.2 Å². The van der Waals surface area contributed by atoms with E-state index in [0.29, 0.717) is 23.8 Å². The van der Waals surface area contributed by atoms with Crippen molar-refractivity contribution in [2.45, 2.75) is 50.4 Å². The first-order chi connectivity index (χ1) is 12.3. The summed E-state index contributed by atoms with van der Waals surface area (Å²) in [6, 6.07) is 6.98. The van der Waals surface area contributed by atoms with Gasteiger partial charge < -0.3 is 15.0 Å². The van der Waals surface area contributed by atoms with Crippen LogP contribution >= 0.6 is 11.8 Å². The Bertz CT molecular complexity index is 719. The number of benzene rings is 1. The molecule has 3 rings (SSSR count). The first-order valence-corrected chi connectivity index (χ1v) is 9.81. The fourth-order valence-electron chi connectivity index (χ4n) is 3.38. The van der Waals surface area contributed by atoms with Gasteiger partial charge in [0.1, 0.15) is 6.04 Å². The minimum absolute atomic E-state index is 0.0193. The summed E-state index contributed by atoms with van der Waals surface area (Å²) in [5.74, 6) is 0.0102. The van der Waals surface area contributed by atoms with Crippen molar-refractivity contribution in [1.29, 1.82) is 0 Å². The molecule has 0 unspecified atom stereocenters. The highest BCUT2D eigenvalue weighted by Crippen LogP contribution is 2.47. The maximum atomic E-state index is 12.3. The molecule has 7 heteroatoms. The van der Waals surface area contributed by atoms with Crippen LogP contribution in [-0.2, 0) is 19.1 Å². The molecule has 0 saturated carbocycles. The summed E-state index contributed by atoms with van der Waals surface area (Å²) < 4.78 is 5.17. The van der Waals surface area contributed by atoms with Crippen molar-refractivity contribution < 1.29 is 19.1 Å². The Morgan fingerprint density at radius 1 is 1.35 bits per heavy atom. The smallest absolute Gasteiger partial charge is 0.330 e. The number of esters is 1. The van der Waals surface area contributed by atoms with Crippen LogP contribution in [0.15, 0.2) is 24.3 Å². The van der Waals surface area contributed by atoms with Gasteiger partial charge in [0.2, 0.25) is 5.91 Å². The van der Waals surface area contributed by atoms with E-state index in [2.05, 4.69) is 19.2 Å². The van der Waals surface area contributed by atoms with Crippen LogP contribution < -0.4 is 5.32 Å². The molecule has 0 radical (unpaired) electrons. The van der Waals surface area contributed by atoms with Gasteiger partial charge in [-0.25, -0.2) is 4.79 Å². The molecule has 2 heterocycles. The van der Waals surface area contributed by atoms with Gasteiger partial charge in [0.25, 0.3) is 5.91 Å². The SMILES string of the molecule is CC(C)c1ccc(NC(=O)COC(=O)[C@H]2CS[C@@]3(C)CCC(=O)N23)cc1. The predicted molar refractivity (Wildman–Crippen MR) is 101 cm³/mol. The van der Waals surface area contributed by atoms with Crippen molar-refractivity contribution in [1.82, 2.24) is 4.90 Å². The number of rotatable bonds is 5. The molecule has 2 aliphatic rings. The van der Waals surface area contributed by atoms with Gasteiger partial charge in [-0.1, -0.05) is 26.0 Å². The van der Waals surface area contributed by atoms with Gasteiger partial charge in [-0.15, -0.1) is 11.8 Å². The highest BCUT2D eigenvalue weighted by molar-refractivity contribution is 8.01. The quantitative estimate of drug-likeness (QED) is 0.800. The van der Waals surface area contributed by atoms with Crippen LogP contribution in [0.5, 0.6) is 0 Å². The van der Waals surface area contributed by atoms with E-state index in [4.69, 9.17) is 4.74 Å². The van der Waals surface area contributed by atoms with Crippen molar-refractivity contribution in [2.24, 2.45) is 0 Å². The highest BCUT2D eigenvalue weighted by atomic mass is 32.2. The molecule has 2 saturated heterocycles. The molecule has 2 fully saturated rings. The minimum atomic E-state index is -0.599. The minimum Gasteiger partial charge on any atom is -0.454 e. The second-order valence-electron chi connectivity index (χ2n) is 7.20. The second kappa shape index (κ2) is 7.31. The zero-order valence-electron chi connectivity index (χ0n) is 15.3. The number of nitrogens with one attached hydrogen (secondary N) is 1. The molecule has 2 atom stereocenters. The molecule has 26 heavy (non-hydrogen) atoms. The normalized spacial score (nSPS) is 24.7. The molecular weight excluding hydrogens is 352 g/mol. The fourth-order valence-corrected chi connectivity index (χ4v) is 4.79. The summed E-state index contributed by atoms with van der Waals surface area (Å²) in [4.78, 5) is 37.7. The third kappa shape index (κ3) is 3.72. The van der Waals surface area contributed by atoms with Crippen LogP contribution in [0, 0.1) is 0 Å². The van der Waals surface area contributed by atoms with E-state index < -0.39 is 17.9 Å². The fraction of sp³-hybridized carbons (Fsp3) is 0.526. The molecule has 2 amide bonds. The average Bonchev–Trinajstić information content (AvgIpc) is 3.09. The summed E-state index contributed by atoms with van der Waals surface area (Å²) >= 11 is 1.60. The lowest BCUT2D eigenvalue weighted by Crippen LogP contribution is -2.47. The van der Waals surface area contributed by atoms with Crippen LogP contribution in [0.3, 0.4) is 0 Å². The van der Waals surface area contributed by atoms with Crippen LogP contribution in [-0.4, -0.2) is 46.0 Å². The number of nitrogens with zero attached hydrogens (tertiary/aromatic N) is 1. The van der Waals surface area contributed by atoms with Gasteiger partial charge >= 0.3 is 5.97 Å². The van der Waals surface area contributed by atoms with E-state index >= 15 is 0 Å². The average molecular weight is 376 g/mol. The van der Waals surface area contributed by atoms with Crippen molar-refractivity contribution in [3.63, 3.8) is 0 Å². The van der Waals surface area contributed by atoms with Gasteiger partial charge in [-0.2, -0.15) is 0 Å². The first kappa shape index (κ1) is 18.8. The molecule has 2 aliphatic heterocycles. The molecule has 0 aromatic heterocycles. The van der Waals surface area contributed by atoms with Crippen LogP contribution in [0.1, 0.15) is 45.1 Å². The standard InChI is InChI=1S/C19H24N2O4S/c1-12(2)13-4-6-14(7-5-13)20-16(22)10-25-18(24)15-11-26-19(3)9-8-17(23)21(15)19/h4-7,12,15H,8-11H2,1-3H3,(H,20,22)/t15-,19+/m1/s1. The molecule has 1 aromatic carbocycles. The Hall–Kier alpha value is -2.02. The largest absolute Gasteiger partial charge is 0.454 e. The third-order valence-corrected chi connectivity index (χ3v) is 6.43. The number of hydrogen-bond donors (Lipinski definition) is 1. The Kier molecular flexibility index (Phi) is 5.27.